The second kappa shape index (κ2) is 2.62. The maximum Gasteiger partial charge on any atom is 0.146 e. The van der Waals surface area contributed by atoms with E-state index >= 15 is 0 Å². The molecule has 2 fully saturated rings. The van der Waals surface area contributed by atoms with Gasteiger partial charge >= 0.3 is 0 Å². The van der Waals surface area contributed by atoms with Gasteiger partial charge in [-0.05, 0) is 32.4 Å². The van der Waals surface area contributed by atoms with Crippen molar-refractivity contribution in [2.45, 2.75) is 19.3 Å². The van der Waals surface area contributed by atoms with Crippen LogP contribution in [0.2, 0.25) is 0 Å². The second-order valence-electron chi connectivity index (χ2n) is 3.90. The molecule has 0 amide bonds. The molecule has 3 N–H and O–H groups in total. The number of fused-ring (bicyclic) bond motifs is 2. The van der Waals surface area contributed by atoms with E-state index in [0.717, 1.165) is 25.9 Å². The Labute approximate surface area is 72.0 Å². The summed E-state index contributed by atoms with van der Waals surface area (Å²) in [5.41, 5.74) is 5.70. The minimum Gasteiger partial charge on any atom is -0.409 e. The quantitative estimate of drug-likeness (QED) is 0.255. The lowest BCUT2D eigenvalue weighted by Crippen LogP contribution is -2.43. The van der Waals surface area contributed by atoms with Crippen molar-refractivity contribution >= 4 is 5.84 Å². The average molecular weight is 169 g/mol. The van der Waals surface area contributed by atoms with E-state index in [2.05, 4.69) is 10.1 Å². The second-order valence-corrected chi connectivity index (χ2v) is 3.90. The Hall–Kier alpha value is -0.770. The van der Waals surface area contributed by atoms with Gasteiger partial charge < -0.3 is 15.8 Å². The zero-order valence-electron chi connectivity index (χ0n) is 7.16. The highest BCUT2D eigenvalue weighted by Crippen LogP contribution is 2.39. The molecule has 0 radical (unpaired) electrons. The van der Waals surface area contributed by atoms with E-state index in [1.165, 1.54) is 13.0 Å². The van der Waals surface area contributed by atoms with E-state index in [-0.39, 0.29) is 5.41 Å². The first kappa shape index (κ1) is 7.86. The van der Waals surface area contributed by atoms with E-state index in [4.69, 9.17) is 10.9 Å². The first-order valence-electron chi connectivity index (χ1n) is 4.47. The van der Waals surface area contributed by atoms with Gasteiger partial charge in [0.15, 0.2) is 0 Å². The summed E-state index contributed by atoms with van der Waals surface area (Å²) in [5.74, 6) is 0.435. The number of hydrogen-bond acceptors (Lipinski definition) is 3. The van der Waals surface area contributed by atoms with Gasteiger partial charge in [-0.3, -0.25) is 0 Å². The van der Waals surface area contributed by atoms with Crippen LogP contribution in [0.25, 0.3) is 0 Å². The third-order valence-electron chi connectivity index (χ3n) is 3.21. The molecule has 4 nitrogen and oxygen atoms in total. The first-order chi connectivity index (χ1) is 5.77. The van der Waals surface area contributed by atoms with Gasteiger partial charge in [0.1, 0.15) is 5.84 Å². The molecule has 4 heteroatoms. The Morgan fingerprint density at radius 1 is 1.42 bits per heavy atom. The summed E-state index contributed by atoms with van der Waals surface area (Å²) < 4.78 is 0. The minimum absolute atomic E-state index is 0.00694. The first-order valence-corrected chi connectivity index (χ1v) is 4.47. The zero-order chi connectivity index (χ0) is 8.60. The molecule has 0 aromatic heterocycles. The van der Waals surface area contributed by atoms with Crippen LogP contribution in [0.5, 0.6) is 0 Å². The van der Waals surface area contributed by atoms with Crippen molar-refractivity contribution < 1.29 is 5.21 Å². The summed E-state index contributed by atoms with van der Waals surface area (Å²) in [5, 5.41) is 11.8. The third-order valence-corrected chi connectivity index (χ3v) is 3.21. The fourth-order valence-corrected chi connectivity index (χ4v) is 2.44. The van der Waals surface area contributed by atoms with Gasteiger partial charge in [-0.15, -0.1) is 0 Å². The fourth-order valence-electron chi connectivity index (χ4n) is 2.44. The van der Waals surface area contributed by atoms with Gasteiger partial charge in [0, 0.05) is 12.0 Å². The number of piperidine rings is 1. The Bertz CT molecular complexity index is 212. The third kappa shape index (κ3) is 0.982. The number of amidine groups is 1. The largest absolute Gasteiger partial charge is 0.409 e. The zero-order valence-corrected chi connectivity index (χ0v) is 7.16. The van der Waals surface area contributed by atoms with Crippen molar-refractivity contribution in [3.63, 3.8) is 0 Å². The van der Waals surface area contributed by atoms with Crippen LogP contribution >= 0.6 is 0 Å². The van der Waals surface area contributed by atoms with Gasteiger partial charge in [0.25, 0.3) is 0 Å². The molecule has 68 valence electrons. The summed E-state index contributed by atoms with van der Waals surface area (Å²) in [6.07, 6.45) is 3.32. The van der Waals surface area contributed by atoms with Crippen LogP contribution in [-0.4, -0.2) is 35.6 Å². The lowest BCUT2D eigenvalue weighted by molar-refractivity contribution is 0.228. The van der Waals surface area contributed by atoms with Crippen LogP contribution in [0.4, 0.5) is 0 Å². The summed E-state index contributed by atoms with van der Waals surface area (Å²) in [7, 11) is 0. The Morgan fingerprint density at radius 3 is 3.00 bits per heavy atom. The van der Waals surface area contributed by atoms with Gasteiger partial charge in [0.05, 0.1) is 0 Å². The smallest absolute Gasteiger partial charge is 0.146 e. The van der Waals surface area contributed by atoms with Gasteiger partial charge in [0.2, 0.25) is 0 Å². The van der Waals surface area contributed by atoms with Crippen molar-refractivity contribution in [1.82, 2.24) is 4.90 Å². The summed E-state index contributed by atoms with van der Waals surface area (Å²) >= 11 is 0. The summed E-state index contributed by atoms with van der Waals surface area (Å²) in [6, 6.07) is 0. The molecular weight excluding hydrogens is 154 g/mol. The number of hydrogen-bond donors (Lipinski definition) is 2. The highest BCUT2D eigenvalue weighted by atomic mass is 16.4. The molecule has 0 saturated carbocycles. The Kier molecular flexibility index (Phi) is 1.72. The number of nitrogens with zero attached hydrogens (tertiary/aromatic N) is 2. The standard InChI is InChI=1S/C8H15N3O/c9-7(10-12)8-2-1-4-11(6-8)5-3-8/h12H,1-6H2,(H2,9,10). The van der Waals surface area contributed by atoms with Gasteiger partial charge in [-0.2, -0.15) is 0 Å². The molecule has 2 unspecified atom stereocenters. The highest BCUT2D eigenvalue weighted by Gasteiger charge is 2.44. The molecule has 0 aromatic rings. The van der Waals surface area contributed by atoms with Crippen molar-refractivity contribution in [3.05, 3.63) is 0 Å². The van der Waals surface area contributed by atoms with Crippen LogP contribution in [0.15, 0.2) is 5.16 Å². The Balaban J connectivity index is 2.20. The van der Waals surface area contributed by atoms with Crippen molar-refractivity contribution in [2.24, 2.45) is 16.3 Å². The predicted molar refractivity (Wildman–Crippen MR) is 46.1 cm³/mol. The lowest BCUT2D eigenvalue weighted by atomic mass is 9.80. The molecule has 0 aliphatic carbocycles. The van der Waals surface area contributed by atoms with E-state index in [0.29, 0.717) is 5.84 Å². The van der Waals surface area contributed by atoms with E-state index in [9.17, 15) is 0 Å². The maximum atomic E-state index is 8.65. The van der Waals surface area contributed by atoms with Crippen molar-refractivity contribution in [1.29, 1.82) is 0 Å². The molecule has 2 atom stereocenters. The molecule has 2 saturated heterocycles. The lowest BCUT2D eigenvalue weighted by Gasteiger charge is -2.32. The topological polar surface area (TPSA) is 61.9 Å². The predicted octanol–water partition coefficient (Wildman–Crippen LogP) is 0.219. The number of oxime groups is 1. The van der Waals surface area contributed by atoms with Crippen LogP contribution in [-0.2, 0) is 0 Å². The number of rotatable bonds is 1. The summed E-state index contributed by atoms with van der Waals surface area (Å²) in [6.45, 7) is 3.28. The molecule has 2 aliphatic rings. The molecule has 2 rings (SSSR count). The SMILES string of the molecule is N/C(=N\O)C12CCCN(CC1)C2. The van der Waals surface area contributed by atoms with Crippen LogP contribution < -0.4 is 5.73 Å². The van der Waals surface area contributed by atoms with Crippen molar-refractivity contribution in [2.75, 3.05) is 19.6 Å². The normalized spacial score (nSPS) is 41.7. The van der Waals surface area contributed by atoms with Crippen LogP contribution in [0.1, 0.15) is 19.3 Å². The fraction of sp³-hybridized carbons (Fsp3) is 0.875. The Morgan fingerprint density at radius 2 is 2.25 bits per heavy atom. The molecular formula is C8H15N3O. The number of nitrogens with two attached hydrogens (primary N) is 1. The van der Waals surface area contributed by atoms with Gasteiger partial charge in [-0.25, -0.2) is 0 Å². The summed E-state index contributed by atoms with van der Waals surface area (Å²) in [4.78, 5) is 2.39. The van der Waals surface area contributed by atoms with Crippen LogP contribution in [0.3, 0.4) is 0 Å². The van der Waals surface area contributed by atoms with E-state index < -0.39 is 0 Å². The maximum absolute atomic E-state index is 8.65. The van der Waals surface area contributed by atoms with E-state index in [1.54, 1.807) is 0 Å². The molecule has 0 aromatic carbocycles. The van der Waals surface area contributed by atoms with E-state index in [1.807, 2.05) is 0 Å². The average Bonchev–Trinajstić information content (AvgIpc) is 2.42. The van der Waals surface area contributed by atoms with Crippen molar-refractivity contribution in [3.8, 4) is 0 Å². The van der Waals surface area contributed by atoms with Crippen LogP contribution in [0, 0.1) is 5.41 Å². The molecule has 2 heterocycles. The monoisotopic (exact) mass is 169 g/mol. The molecule has 0 spiro atoms. The minimum atomic E-state index is 0.00694. The highest BCUT2D eigenvalue weighted by molar-refractivity contribution is 5.86. The molecule has 2 bridgehead atoms. The molecule has 2 aliphatic heterocycles. The van der Waals surface area contributed by atoms with Gasteiger partial charge in [-0.1, -0.05) is 5.16 Å². The molecule has 12 heavy (non-hydrogen) atoms.